The molecule has 1 aliphatic carbocycles. The summed E-state index contributed by atoms with van der Waals surface area (Å²) in [5.41, 5.74) is 0.409. The molecule has 1 unspecified atom stereocenters. The third kappa shape index (κ3) is 2.87. The van der Waals surface area contributed by atoms with Gasteiger partial charge < -0.3 is 4.74 Å². The average Bonchev–Trinajstić information content (AvgIpc) is 2.39. The van der Waals surface area contributed by atoms with E-state index in [4.69, 9.17) is 4.74 Å². The van der Waals surface area contributed by atoms with Gasteiger partial charge in [-0.1, -0.05) is 32.1 Å². The number of carbonyl (C=O) groups is 1. The smallest absolute Gasteiger partial charge is 0.170 e. The van der Waals surface area contributed by atoms with Crippen LogP contribution in [0.15, 0.2) is 18.2 Å². The van der Waals surface area contributed by atoms with E-state index in [0.717, 1.165) is 12.8 Å². The summed E-state index contributed by atoms with van der Waals surface area (Å²) in [7, 11) is 0. The maximum absolute atomic E-state index is 13.2. The summed E-state index contributed by atoms with van der Waals surface area (Å²) in [6.07, 6.45) is 9.06. The zero-order chi connectivity index (χ0) is 13.9. The summed E-state index contributed by atoms with van der Waals surface area (Å²) in [6.45, 7) is 0. The van der Waals surface area contributed by atoms with E-state index in [2.05, 4.69) is 0 Å². The van der Waals surface area contributed by atoms with Crippen LogP contribution in [0.5, 0.6) is 5.75 Å². The van der Waals surface area contributed by atoms with Gasteiger partial charge in [-0.2, -0.15) is 0 Å². The third-order valence-corrected chi connectivity index (χ3v) is 4.58. The van der Waals surface area contributed by atoms with Gasteiger partial charge in [-0.15, -0.1) is 0 Å². The van der Waals surface area contributed by atoms with Crippen molar-refractivity contribution in [2.75, 3.05) is 0 Å². The predicted octanol–water partition coefficient (Wildman–Crippen LogP) is 4.52. The minimum absolute atomic E-state index is 0.0152. The van der Waals surface area contributed by atoms with Crippen molar-refractivity contribution in [2.45, 2.75) is 57.5 Å². The van der Waals surface area contributed by atoms with Crippen molar-refractivity contribution in [3.63, 3.8) is 0 Å². The summed E-state index contributed by atoms with van der Waals surface area (Å²) >= 11 is 0. The molecule has 2 aliphatic rings. The largest absolute Gasteiger partial charge is 0.489 e. The number of ether oxygens (including phenoxy) is 1. The number of benzene rings is 1. The molecule has 0 bridgehead atoms. The van der Waals surface area contributed by atoms with Gasteiger partial charge >= 0.3 is 0 Å². The van der Waals surface area contributed by atoms with E-state index in [1.807, 2.05) is 0 Å². The Labute approximate surface area is 119 Å². The summed E-state index contributed by atoms with van der Waals surface area (Å²) < 4.78 is 19.2. The number of ketones is 1. The minimum atomic E-state index is -0.370. The molecule has 3 heteroatoms. The van der Waals surface area contributed by atoms with Gasteiger partial charge in [0.1, 0.15) is 17.7 Å². The molecular formula is C17H21FO2. The van der Waals surface area contributed by atoms with E-state index in [0.29, 0.717) is 23.7 Å². The van der Waals surface area contributed by atoms with Gasteiger partial charge in [0.15, 0.2) is 5.78 Å². The van der Waals surface area contributed by atoms with Gasteiger partial charge in [0.2, 0.25) is 0 Å². The Morgan fingerprint density at radius 3 is 2.50 bits per heavy atom. The van der Waals surface area contributed by atoms with E-state index < -0.39 is 0 Å². The topological polar surface area (TPSA) is 26.3 Å². The lowest BCUT2D eigenvalue weighted by Crippen LogP contribution is -2.34. The lowest BCUT2D eigenvalue weighted by molar-refractivity contribution is 0.0678. The number of halogens is 1. The van der Waals surface area contributed by atoms with Crippen molar-refractivity contribution < 1.29 is 13.9 Å². The Morgan fingerprint density at radius 1 is 1.05 bits per heavy atom. The van der Waals surface area contributed by atoms with Crippen molar-refractivity contribution in [1.29, 1.82) is 0 Å². The van der Waals surface area contributed by atoms with Gasteiger partial charge in [-0.25, -0.2) is 4.39 Å². The monoisotopic (exact) mass is 276 g/mol. The van der Waals surface area contributed by atoms with Crippen molar-refractivity contribution in [3.05, 3.63) is 29.6 Å². The summed E-state index contributed by atoms with van der Waals surface area (Å²) in [5, 5.41) is 0. The van der Waals surface area contributed by atoms with Gasteiger partial charge in [0.25, 0.3) is 0 Å². The Morgan fingerprint density at radius 2 is 1.75 bits per heavy atom. The van der Waals surface area contributed by atoms with E-state index in [1.54, 1.807) is 6.07 Å². The second-order valence-electron chi connectivity index (χ2n) is 6.03. The van der Waals surface area contributed by atoms with Crippen LogP contribution in [-0.4, -0.2) is 11.9 Å². The molecule has 1 heterocycles. The minimum Gasteiger partial charge on any atom is -0.489 e. The second kappa shape index (κ2) is 5.94. The van der Waals surface area contributed by atoms with Gasteiger partial charge in [0.05, 0.1) is 5.56 Å². The van der Waals surface area contributed by atoms with E-state index >= 15 is 0 Å². The fraction of sp³-hybridized carbons (Fsp3) is 0.588. The maximum Gasteiger partial charge on any atom is 0.170 e. The standard InChI is InChI=1S/C17H21FO2/c18-13-8-9-16-14(10-13)15(19)11-17(20-16)12-6-4-2-1-3-5-7-12/h8-10,12,17H,1-7,11H2. The van der Waals surface area contributed by atoms with Gasteiger partial charge in [0, 0.05) is 6.42 Å². The molecule has 2 nitrogen and oxygen atoms in total. The predicted molar refractivity (Wildman–Crippen MR) is 75.6 cm³/mol. The molecule has 1 atom stereocenters. The molecule has 0 aromatic heterocycles. The van der Waals surface area contributed by atoms with Crippen LogP contribution in [0, 0.1) is 11.7 Å². The van der Waals surface area contributed by atoms with Crippen molar-refractivity contribution in [1.82, 2.24) is 0 Å². The molecule has 108 valence electrons. The van der Waals surface area contributed by atoms with Crippen molar-refractivity contribution >= 4 is 5.78 Å². The van der Waals surface area contributed by atoms with Crippen molar-refractivity contribution in [2.24, 2.45) is 5.92 Å². The Bertz CT molecular complexity index is 490. The normalized spacial score (nSPS) is 24.4. The number of rotatable bonds is 1. The van der Waals surface area contributed by atoms with E-state index in [9.17, 15) is 9.18 Å². The maximum atomic E-state index is 13.2. The van der Waals surface area contributed by atoms with Crippen LogP contribution in [0.2, 0.25) is 0 Å². The first kappa shape index (κ1) is 13.6. The van der Waals surface area contributed by atoms with Gasteiger partial charge in [-0.3, -0.25) is 4.79 Å². The molecule has 0 spiro atoms. The third-order valence-electron chi connectivity index (χ3n) is 4.58. The lowest BCUT2D eigenvalue weighted by atomic mass is 9.83. The summed E-state index contributed by atoms with van der Waals surface area (Å²) in [4.78, 5) is 12.2. The molecule has 1 fully saturated rings. The number of fused-ring (bicyclic) bond motifs is 1. The highest BCUT2D eigenvalue weighted by Gasteiger charge is 2.32. The average molecular weight is 276 g/mol. The first-order chi connectivity index (χ1) is 9.74. The Kier molecular flexibility index (Phi) is 4.04. The highest BCUT2D eigenvalue weighted by molar-refractivity contribution is 5.99. The Hall–Kier alpha value is -1.38. The van der Waals surface area contributed by atoms with Crippen LogP contribution in [0.25, 0.3) is 0 Å². The molecule has 0 N–H and O–H groups in total. The molecule has 1 aliphatic heterocycles. The molecular weight excluding hydrogens is 255 g/mol. The molecule has 20 heavy (non-hydrogen) atoms. The van der Waals surface area contributed by atoms with Crippen LogP contribution < -0.4 is 4.74 Å². The quantitative estimate of drug-likeness (QED) is 0.753. The molecule has 1 aromatic rings. The van der Waals surface area contributed by atoms with Crippen LogP contribution in [0.3, 0.4) is 0 Å². The SMILES string of the molecule is O=C1CC(C2CCCCCCC2)Oc2ccc(F)cc21. The Balaban J connectivity index is 1.76. The molecule has 1 saturated carbocycles. The highest BCUT2D eigenvalue weighted by atomic mass is 19.1. The molecule has 0 amide bonds. The molecule has 0 saturated heterocycles. The highest BCUT2D eigenvalue weighted by Crippen LogP contribution is 2.35. The first-order valence-corrected chi connectivity index (χ1v) is 7.73. The van der Waals surface area contributed by atoms with E-state index in [1.165, 1.54) is 44.2 Å². The fourth-order valence-corrected chi connectivity index (χ4v) is 3.44. The van der Waals surface area contributed by atoms with Crippen LogP contribution in [0.1, 0.15) is 61.7 Å². The zero-order valence-corrected chi connectivity index (χ0v) is 11.7. The summed E-state index contributed by atoms with van der Waals surface area (Å²) in [6, 6.07) is 4.26. The molecule has 3 rings (SSSR count). The van der Waals surface area contributed by atoms with Gasteiger partial charge in [-0.05, 0) is 37.0 Å². The first-order valence-electron chi connectivity index (χ1n) is 7.73. The summed E-state index contributed by atoms with van der Waals surface area (Å²) in [5.74, 6) is 0.690. The second-order valence-corrected chi connectivity index (χ2v) is 6.03. The van der Waals surface area contributed by atoms with E-state index in [-0.39, 0.29) is 17.7 Å². The number of carbonyl (C=O) groups excluding carboxylic acids is 1. The van der Waals surface area contributed by atoms with Crippen LogP contribution >= 0.6 is 0 Å². The number of hydrogen-bond donors (Lipinski definition) is 0. The zero-order valence-electron chi connectivity index (χ0n) is 11.7. The molecule has 1 aromatic carbocycles. The number of Topliss-reactive ketones (excluding diaryl/α,β-unsaturated/α-hetero) is 1. The molecule has 0 radical (unpaired) electrons. The number of hydrogen-bond acceptors (Lipinski definition) is 2. The van der Waals surface area contributed by atoms with Crippen LogP contribution in [-0.2, 0) is 0 Å². The van der Waals surface area contributed by atoms with Crippen LogP contribution in [0.4, 0.5) is 4.39 Å². The lowest BCUT2D eigenvalue weighted by Gasteiger charge is -2.32. The fourth-order valence-electron chi connectivity index (χ4n) is 3.44. The van der Waals surface area contributed by atoms with Crippen molar-refractivity contribution in [3.8, 4) is 5.75 Å².